The number of tetrazole rings is 1. The van der Waals surface area contributed by atoms with Crippen LogP contribution in [0.3, 0.4) is 0 Å². The number of aromatic nitrogens is 4. The number of rotatable bonds is 6. The first-order chi connectivity index (χ1) is 8.85. The summed E-state index contributed by atoms with van der Waals surface area (Å²) in [7, 11) is 3.17. The van der Waals surface area contributed by atoms with Crippen molar-refractivity contribution < 1.29 is 14.2 Å². The van der Waals surface area contributed by atoms with Crippen LogP contribution in [0.4, 0.5) is 0 Å². The Morgan fingerprint density at radius 3 is 2.44 bits per heavy atom. The van der Waals surface area contributed by atoms with Crippen molar-refractivity contribution in [2.24, 2.45) is 0 Å². The van der Waals surface area contributed by atoms with Gasteiger partial charge in [0.1, 0.15) is 0 Å². The van der Waals surface area contributed by atoms with Gasteiger partial charge in [0.25, 0.3) is 0 Å². The molecule has 0 radical (unpaired) electrons. The molecule has 1 aromatic heterocycles. The molecule has 2 rings (SSSR count). The summed E-state index contributed by atoms with van der Waals surface area (Å²) in [4.78, 5) is 0. The van der Waals surface area contributed by atoms with Gasteiger partial charge in [-0.25, -0.2) is 0 Å². The predicted octanol–water partition coefficient (Wildman–Crippen LogP) is 0.838. The van der Waals surface area contributed by atoms with Crippen molar-refractivity contribution in [1.82, 2.24) is 20.6 Å². The molecule has 1 heterocycles. The average Bonchev–Trinajstić information content (AvgIpc) is 2.92. The average molecular weight is 250 g/mol. The molecule has 0 aliphatic rings. The van der Waals surface area contributed by atoms with E-state index < -0.39 is 0 Å². The second kappa shape index (κ2) is 5.85. The lowest BCUT2D eigenvalue weighted by atomic mass is 10.3. The SMILES string of the molecule is COc1cccc(OC)c1OCCc1nn[nH]n1. The zero-order valence-corrected chi connectivity index (χ0v) is 10.2. The van der Waals surface area contributed by atoms with Gasteiger partial charge in [0.05, 0.1) is 20.8 Å². The van der Waals surface area contributed by atoms with Gasteiger partial charge in [-0.1, -0.05) is 11.3 Å². The molecule has 18 heavy (non-hydrogen) atoms. The Bertz CT molecular complexity index is 465. The van der Waals surface area contributed by atoms with Crippen molar-refractivity contribution in [3.8, 4) is 17.2 Å². The van der Waals surface area contributed by atoms with Crippen LogP contribution in [-0.4, -0.2) is 41.5 Å². The third-order valence-corrected chi connectivity index (χ3v) is 2.34. The Morgan fingerprint density at radius 2 is 1.89 bits per heavy atom. The molecular weight excluding hydrogens is 236 g/mol. The smallest absolute Gasteiger partial charge is 0.203 e. The minimum atomic E-state index is 0.413. The van der Waals surface area contributed by atoms with Gasteiger partial charge in [-0.15, -0.1) is 10.2 Å². The molecule has 0 atom stereocenters. The standard InChI is InChI=1S/C11H14N4O3/c1-16-8-4-3-5-9(17-2)11(8)18-7-6-10-12-14-15-13-10/h3-5H,6-7H2,1-2H3,(H,12,13,14,15). The molecule has 1 N–H and O–H groups in total. The molecule has 0 fully saturated rings. The molecule has 0 bridgehead atoms. The second-order valence-corrected chi connectivity index (χ2v) is 3.42. The first kappa shape index (κ1) is 12.2. The second-order valence-electron chi connectivity index (χ2n) is 3.42. The molecule has 0 saturated carbocycles. The summed E-state index contributed by atoms with van der Waals surface area (Å²) in [6, 6.07) is 5.46. The van der Waals surface area contributed by atoms with Gasteiger partial charge in [-0.3, -0.25) is 0 Å². The lowest BCUT2D eigenvalue weighted by Gasteiger charge is -2.13. The van der Waals surface area contributed by atoms with E-state index >= 15 is 0 Å². The molecule has 0 aliphatic carbocycles. The lowest BCUT2D eigenvalue weighted by Crippen LogP contribution is -2.05. The number of para-hydroxylation sites is 1. The molecule has 2 aromatic rings. The first-order valence-electron chi connectivity index (χ1n) is 5.41. The van der Waals surface area contributed by atoms with Gasteiger partial charge in [0.2, 0.25) is 5.75 Å². The first-order valence-corrected chi connectivity index (χ1v) is 5.41. The maximum atomic E-state index is 5.65. The Morgan fingerprint density at radius 1 is 1.17 bits per heavy atom. The maximum Gasteiger partial charge on any atom is 0.203 e. The largest absolute Gasteiger partial charge is 0.493 e. The minimum absolute atomic E-state index is 0.413. The molecule has 0 aliphatic heterocycles. The number of hydrogen-bond acceptors (Lipinski definition) is 6. The highest BCUT2D eigenvalue weighted by atomic mass is 16.5. The van der Waals surface area contributed by atoms with Crippen molar-refractivity contribution in [1.29, 1.82) is 0 Å². The highest BCUT2D eigenvalue weighted by Crippen LogP contribution is 2.36. The summed E-state index contributed by atoms with van der Waals surface area (Å²) >= 11 is 0. The maximum absolute atomic E-state index is 5.65. The number of benzene rings is 1. The van der Waals surface area contributed by atoms with E-state index in [-0.39, 0.29) is 0 Å². The molecule has 0 saturated heterocycles. The third-order valence-electron chi connectivity index (χ3n) is 2.34. The normalized spacial score (nSPS) is 10.1. The van der Waals surface area contributed by atoms with Crippen molar-refractivity contribution in [3.05, 3.63) is 24.0 Å². The summed E-state index contributed by atoms with van der Waals surface area (Å²) < 4.78 is 16.1. The number of H-pyrrole nitrogens is 1. The van der Waals surface area contributed by atoms with Crippen LogP contribution in [-0.2, 0) is 6.42 Å². The molecule has 0 unspecified atom stereocenters. The molecule has 96 valence electrons. The molecule has 7 heteroatoms. The highest BCUT2D eigenvalue weighted by molar-refractivity contribution is 5.51. The Kier molecular flexibility index (Phi) is 3.95. The zero-order chi connectivity index (χ0) is 12.8. The number of nitrogens with one attached hydrogen (secondary N) is 1. The van der Waals surface area contributed by atoms with Crippen molar-refractivity contribution in [2.75, 3.05) is 20.8 Å². The van der Waals surface area contributed by atoms with Crippen LogP contribution in [0, 0.1) is 0 Å². The van der Waals surface area contributed by atoms with Crippen LogP contribution < -0.4 is 14.2 Å². The number of hydrogen-bond donors (Lipinski definition) is 1. The van der Waals surface area contributed by atoms with Crippen LogP contribution >= 0.6 is 0 Å². The fourth-order valence-corrected chi connectivity index (χ4v) is 1.49. The van der Waals surface area contributed by atoms with Gasteiger partial charge in [0, 0.05) is 6.42 Å². The van der Waals surface area contributed by atoms with Gasteiger partial charge >= 0.3 is 0 Å². The van der Waals surface area contributed by atoms with E-state index in [9.17, 15) is 0 Å². The molecule has 0 spiro atoms. The Balaban J connectivity index is 2.03. The van der Waals surface area contributed by atoms with Gasteiger partial charge in [-0.05, 0) is 12.1 Å². The fraction of sp³-hybridized carbons (Fsp3) is 0.364. The molecule has 0 amide bonds. The van der Waals surface area contributed by atoms with E-state index in [1.54, 1.807) is 14.2 Å². The summed E-state index contributed by atoms with van der Waals surface area (Å²) in [6.07, 6.45) is 0.553. The topological polar surface area (TPSA) is 82.1 Å². The summed E-state index contributed by atoms with van der Waals surface area (Å²) in [5.74, 6) is 2.43. The van der Waals surface area contributed by atoms with Crippen LogP contribution in [0.5, 0.6) is 17.2 Å². The molecule has 7 nitrogen and oxygen atoms in total. The van der Waals surface area contributed by atoms with E-state index in [1.807, 2.05) is 18.2 Å². The minimum Gasteiger partial charge on any atom is -0.493 e. The number of methoxy groups -OCH3 is 2. The quantitative estimate of drug-likeness (QED) is 0.818. The van der Waals surface area contributed by atoms with E-state index in [0.717, 1.165) is 0 Å². The summed E-state index contributed by atoms with van der Waals surface area (Å²) in [5.41, 5.74) is 0. The van der Waals surface area contributed by atoms with Crippen LogP contribution in [0.2, 0.25) is 0 Å². The number of ether oxygens (including phenoxy) is 3. The van der Waals surface area contributed by atoms with Crippen LogP contribution in [0.1, 0.15) is 5.82 Å². The van der Waals surface area contributed by atoms with E-state index in [4.69, 9.17) is 14.2 Å². The van der Waals surface area contributed by atoms with Gasteiger partial charge in [-0.2, -0.15) is 5.21 Å². The summed E-state index contributed by atoms with van der Waals surface area (Å²) in [5, 5.41) is 13.5. The Hall–Kier alpha value is -2.31. The lowest BCUT2D eigenvalue weighted by molar-refractivity contribution is 0.276. The van der Waals surface area contributed by atoms with Gasteiger partial charge in [0.15, 0.2) is 17.3 Å². The zero-order valence-electron chi connectivity index (χ0n) is 10.2. The van der Waals surface area contributed by atoms with Gasteiger partial charge < -0.3 is 14.2 Å². The van der Waals surface area contributed by atoms with Crippen molar-refractivity contribution >= 4 is 0 Å². The van der Waals surface area contributed by atoms with Crippen LogP contribution in [0.15, 0.2) is 18.2 Å². The van der Waals surface area contributed by atoms with Crippen molar-refractivity contribution in [3.63, 3.8) is 0 Å². The fourth-order valence-electron chi connectivity index (χ4n) is 1.49. The monoisotopic (exact) mass is 250 g/mol. The highest BCUT2D eigenvalue weighted by Gasteiger charge is 2.11. The number of aromatic amines is 1. The predicted molar refractivity (Wildman–Crippen MR) is 62.9 cm³/mol. The van der Waals surface area contributed by atoms with Crippen molar-refractivity contribution in [2.45, 2.75) is 6.42 Å². The molecule has 1 aromatic carbocycles. The molecular formula is C11H14N4O3. The number of nitrogens with zero attached hydrogens (tertiary/aromatic N) is 3. The third kappa shape index (κ3) is 2.68. The van der Waals surface area contributed by atoms with E-state index in [0.29, 0.717) is 36.1 Å². The summed E-state index contributed by atoms with van der Waals surface area (Å²) in [6.45, 7) is 0.413. The Labute approximate surface area is 104 Å². The van der Waals surface area contributed by atoms with Crippen LogP contribution in [0.25, 0.3) is 0 Å². The van der Waals surface area contributed by atoms with E-state index in [2.05, 4.69) is 20.6 Å². The van der Waals surface area contributed by atoms with E-state index in [1.165, 1.54) is 0 Å².